The van der Waals surface area contributed by atoms with Gasteiger partial charge < -0.3 is 9.13 Å². The zero-order chi connectivity index (χ0) is 36.7. The molecule has 3 atom stereocenters. The lowest BCUT2D eigenvalue weighted by molar-refractivity contribution is 0.644. The van der Waals surface area contributed by atoms with Crippen molar-refractivity contribution in [3.8, 4) is 27.9 Å². The van der Waals surface area contributed by atoms with Crippen molar-refractivity contribution in [3.63, 3.8) is 0 Å². The molecule has 266 valence electrons. The van der Waals surface area contributed by atoms with Gasteiger partial charge in [-0.3, -0.25) is 0 Å². The Hall–Kier alpha value is -6.64. The first-order valence-corrected chi connectivity index (χ1v) is 20.2. The Bertz CT molecular complexity index is 3130. The number of nitrogens with zero attached hydrogens (tertiary/aromatic N) is 2. The molecule has 0 saturated carbocycles. The fraction of sp³-hybridized carbons (Fsp3) is 0.111. The fourth-order valence-electron chi connectivity index (χ4n) is 10.3. The van der Waals surface area contributed by atoms with Crippen LogP contribution in [0.3, 0.4) is 0 Å². The number of hydrogen-bond acceptors (Lipinski definition) is 0. The van der Waals surface area contributed by atoms with Gasteiger partial charge in [0, 0.05) is 50.1 Å². The zero-order valence-corrected chi connectivity index (χ0v) is 31.1. The van der Waals surface area contributed by atoms with E-state index in [0.717, 1.165) is 19.3 Å². The number of rotatable bonds is 4. The van der Waals surface area contributed by atoms with Gasteiger partial charge in [-0.05, 0) is 112 Å². The van der Waals surface area contributed by atoms with Gasteiger partial charge in [0.05, 0.1) is 17.1 Å². The van der Waals surface area contributed by atoms with Crippen molar-refractivity contribution in [1.82, 2.24) is 9.13 Å². The van der Waals surface area contributed by atoms with Gasteiger partial charge >= 0.3 is 0 Å². The minimum Gasteiger partial charge on any atom is -0.333 e. The molecule has 0 saturated heterocycles. The Labute approximate surface area is 327 Å². The minimum atomic E-state index is 0.261. The lowest BCUT2D eigenvalue weighted by Crippen LogP contribution is -2.16. The summed E-state index contributed by atoms with van der Waals surface area (Å²) in [7, 11) is 0. The molecule has 2 nitrogen and oxygen atoms in total. The third-order valence-electron chi connectivity index (χ3n) is 12.8. The summed E-state index contributed by atoms with van der Waals surface area (Å²) in [6.45, 7) is 0. The monoisotopic (exact) mass is 716 g/mol. The lowest BCUT2D eigenvalue weighted by atomic mass is 9.70. The van der Waals surface area contributed by atoms with Gasteiger partial charge in [0.15, 0.2) is 0 Å². The Morgan fingerprint density at radius 2 is 1.12 bits per heavy atom. The van der Waals surface area contributed by atoms with Crippen molar-refractivity contribution in [2.24, 2.45) is 0 Å². The molecule has 8 aromatic rings. The SMILES string of the molecule is C1=CC2c3ccccc3-c3cc(-n4c5ccccc5c5cc(-c6ccc7c(c6)c6ccccc6n7C6C=C(C7=CCCC=C7)C=CC6)ccc54)ccc3C2C=C1. The predicted octanol–water partition coefficient (Wildman–Crippen LogP) is 14.2. The molecule has 6 aromatic carbocycles. The molecule has 12 rings (SSSR count). The van der Waals surface area contributed by atoms with Gasteiger partial charge in [0.2, 0.25) is 0 Å². The molecule has 2 aromatic heterocycles. The van der Waals surface area contributed by atoms with Crippen LogP contribution < -0.4 is 0 Å². The van der Waals surface area contributed by atoms with E-state index in [1.54, 1.807) is 0 Å². The summed E-state index contributed by atoms with van der Waals surface area (Å²) < 4.78 is 5.04. The van der Waals surface area contributed by atoms with Crippen LogP contribution in [-0.2, 0) is 0 Å². The summed E-state index contributed by atoms with van der Waals surface area (Å²) in [4.78, 5) is 0. The normalized spacial score (nSPS) is 19.7. The average Bonchev–Trinajstić information content (AvgIpc) is 3.79. The molecule has 4 aliphatic carbocycles. The quantitative estimate of drug-likeness (QED) is 0.172. The van der Waals surface area contributed by atoms with Gasteiger partial charge in [-0.1, -0.05) is 140 Å². The van der Waals surface area contributed by atoms with E-state index in [-0.39, 0.29) is 6.04 Å². The largest absolute Gasteiger partial charge is 0.333 e. The molecule has 0 aliphatic heterocycles. The maximum absolute atomic E-state index is 2.57. The molecule has 0 spiro atoms. The minimum absolute atomic E-state index is 0.261. The number of aromatic nitrogens is 2. The molecule has 0 N–H and O–H groups in total. The summed E-state index contributed by atoms with van der Waals surface area (Å²) in [5.41, 5.74) is 16.9. The highest BCUT2D eigenvalue weighted by molar-refractivity contribution is 6.12. The van der Waals surface area contributed by atoms with E-state index < -0.39 is 0 Å². The average molecular weight is 717 g/mol. The number of fused-ring (bicyclic) bond motifs is 12. The highest BCUT2D eigenvalue weighted by Gasteiger charge is 2.32. The molecule has 2 heteroatoms. The van der Waals surface area contributed by atoms with Crippen molar-refractivity contribution in [2.45, 2.75) is 37.1 Å². The lowest BCUT2D eigenvalue weighted by Gasteiger charge is -2.34. The maximum atomic E-state index is 2.57. The van der Waals surface area contributed by atoms with Crippen molar-refractivity contribution < 1.29 is 0 Å². The standard InChI is InChI=1S/C54H40N2/c1-2-13-35(14-3-1)36-15-12-16-39(31-36)55-51-23-10-8-21-46(51)49-32-37(25-29-53(49)55)38-26-30-54-50(33-38)47-22-9-11-24-52(47)56(54)40-27-28-45-43-19-5-4-17-41(43)42-18-6-7-20-44(42)48(45)34-40/h2,4-15,17-34,39,41,43H,1,3,16H2. The predicted molar refractivity (Wildman–Crippen MR) is 236 cm³/mol. The van der Waals surface area contributed by atoms with E-state index in [0.29, 0.717) is 11.8 Å². The van der Waals surface area contributed by atoms with Crippen LogP contribution in [0.1, 0.15) is 48.3 Å². The van der Waals surface area contributed by atoms with Crippen LogP contribution in [0.4, 0.5) is 0 Å². The molecule has 4 aliphatic rings. The number of para-hydroxylation sites is 2. The van der Waals surface area contributed by atoms with Crippen molar-refractivity contribution in [2.75, 3.05) is 0 Å². The van der Waals surface area contributed by atoms with Gasteiger partial charge in [-0.2, -0.15) is 0 Å². The van der Waals surface area contributed by atoms with Crippen LogP contribution in [0.2, 0.25) is 0 Å². The van der Waals surface area contributed by atoms with Crippen LogP contribution in [0.15, 0.2) is 199 Å². The van der Waals surface area contributed by atoms with E-state index in [2.05, 4.69) is 197 Å². The summed E-state index contributed by atoms with van der Waals surface area (Å²) in [6, 6.07) is 48.4. The second-order valence-electron chi connectivity index (χ2n) is 15.9. The van der Waals surface area contributed by atoms with E-state index in [4.69, 9.17) is 0 Å². The highest BCUT2D eigenvalue weighted by atomic mass is 15.0. The number of benzene rings is 6. The Morgan fingerprint density at radius 3 is 1.93 bits per heavy atom. The Balaban J connectivity index is 0.983. The first kappa shape index (κ1) is 31.7. The molecule has 0 fully saturated rings. The van der Waals surface area contributed by atoms with Crippen LogP contribution in [0, 0.1) is 0 Å². The zero-order valence-electron chi connectivity index (χ0n) is 31.1. The number of allylic oxidation sites excluding steroid dienone is 12. The Morgan fingerprint density at radius 1 is 0.482 bits per heavy atom. The topological polar surface area (TPSA) is 9.86 Å². The van der Waals surface area contributed by atoms with Gasteiger partial charge in [0.25, 0.3) is 0 Å². The van der Waals surface area contributed by atoms with Crippen molar-refractivity contribution in [1.29, 1.82) is 0 Å². The summed E-state index contributed by atoms with van der Waals surface area (Å²) in [5.74, 6) is 0.740. The summed E-state index contributed by atoms with van der Waals surface area (Å²) >= 11 is 0. The van der Waals surface area contributed by atoms with Crippen LogP contribution in [0.25, 0.3) is 71.6 Å². The second-order valence-corrected chi connectivity index (χ2v) is 15.9. The van der Waals surface area contributed by atoms with Crippen LogP contribution in [0.5, 0.6) is 0 Å². The van der Waals surface area contributed by atoms with Gasteiger partial charge in [-0.15, -0.1) is 0 Å². The molecular weight excluding hydrogens is 677 g/mol. The first-order chi connectivity index (χ1) is 27.8. The fourth-order valence-corrected chi connectivity index (χ4v) is 10.3. The van der Waals surface area contributed by atoms with Gasteiger partial charge in [-0.25, -0.2) is 0 Å². The van der Waals surface area contributed by atoms with Crippen LogP contribution >= 0.6 is 0 Å². The third kappa shape index (κ3) is 4.75. The van der Waals surface area contributed by atoms with Gasteiger partial charge in [0.1, 0.15) is 0 Å². The second kappa shape index (κ2) is 12.4. The molecule has 56 heavy (non-hydrogen) atoms. The van der Waals surface area contributed by atoms with Crippen molar-refractivity contribution in [3.05, 3.63) is 210 Å². The molecule has 3 unspecified atom stereocenters. The summed E-state index contributed by atoms with van der Waals surface area (Å²) in [6.07, 6.45) is 26.5. The smallest absolute Gasteiger partial charge is 0.0566 e. The molecule has 0 bridgehead atoms. The van der Waals surface area contributed by atoms with Crippen molar-refractivity contribution >= 4 is 43.6 Å². The summed E-state index contributed by atoms with van der Waals surface area (Å²) in [5, 5.41) is 5.17. The molecule has 2 heterocycles. The van der Waals surface area contributed by atoms with E-state index in [9.17, 15) is 0 Å². The molecule has 0 amide bonds. The maximum Gasteiger partial charge on any atom is 0.0566 e. The van der Waals surface area contributed by atoms with E-state index >= 15 is 0 Å². The first-order valence-electron chi connectivity index (χ1n) is 20.2. The van der Waals surface area contributed by atoms with E-state index in [1.807, 2.05) is 0 Å². The highest BCUT2D eigenvalue weighted by Crippen LogP contribution is 2.50. The van der Waals surface area contributed by atoms with E-state index in [1.165, 1.54) is 93.8 Å². The molecule has 0 radical (unpaired) electrons. The number of hydrogen-bond donors (Lipinski definition) is 0. The van der Waals surface area contributed by atoms with Crippen LogP contribution in [-0.4, -0.2) is 9.13 Å². The Kier molecular flexibility index (Phi) is 7.04. The molecular formula is C54H40N2. The third-order valence-corrected chi connectivity index (χ3v) is 12.8.